The molecule has 2 aromatic carbocycles. The quantitative estimate of drug-likeness (QED) is 0.724. The van der Waals surface area contributed by atoms with Crippen molar-refractivity contribution >= 4 is 23.0 Å². The minimum absolute atomic E-state index is 0.0533. The van der Waals surface area contributed by atoms with Gasteiger partial charge in [0.15, 0.2) is 16.6 Å². The summed E-state index contributed by atoms with van der Waals surface area (Å²) in [7, 11) is 1.65. The van der Waals surface area contributed by atoms with Crippen molar-refractivity contribution in [1.29, 1.82) is 0 Å². The smallest absolute Gasteiger partial charge is 0.231 e. The number of thiocarbonyl (C=S) groups is 1. The molecule has 0 saturated heterocycles. The van der Waals surface area contributed by atoms with Crippen molar-refractivity contribution in [2.75, 3.05) is 20.4 Å². The van der Waals surface area contributed by atoms with E-state index in [1.165, 1.54) is 0 Å². The maximum absolute atomic E-state index is 5.52. The lowest BCUT2D eigenvalue weighted by Gasteiger charge is -2.13. The van der Waals surface area contributed by atoms with Gasteiger partial charge in [0.05, 0.1) is 19.4 Å². The normalized spacial score (nSPS) is 16.9. The highest BCUT2D eigenvalue weighted by Crippen LogP contribution is 2.32. The molecule has 146 valence electrons. The van der Waals surface area contributed by atoms with Crippen LogP contribution in [0.2, 0.25) is 0 Å². The largest absolute Gasteiger partial charge is 0.497 e. The van der Waals surface area contributed by atoms with Gasteiger partial charge in [0, 0.05) is 13.0 Å². The fourth-order valence-corrected chi connectivity index (χ4v) is 3.15. The first-order valence-electron chi connectivity index (χ1n) is 8.98. The van der Waals surface area contributed by atoms with Crippen molar-refractivity contribution < 1.29 is 19.0 Å². The van der Waals surface area contributed by atoms with E-state index in [4.69, 9.17) is 31.3 Å². The molecule has 0 aromatic heterocycles. The van der Waals surface area contributed by atoms with E-state index >= 15 is 0 Å². The second-order valence-electron chi connectivity index (χ2n) is 6.45. The fraction of sp³-hybridized carbons (Fsp3) is 0.300. The lowest BCUT2D eigenvalue weighted by Crippen LogP contribution is -2.39. The van der Waals surface area contributed by atoms with Gasteiger partial charge in [0.2, 0.25) is 6.79 Å². The maximum Gasteiger partial charge on any atom is 0.231 e. The third-order valence-electron chi connectivity index (χ3n) is 4.54. The van der Waals surface area contributed by atoms with E-state index in [0.717, 1.165) is 40.5 Å². The molecule has 0 spiro atoms. The summed E-state index contributed by atoms with van der Waals surface area (Å²) >= 11 is 5.35. The van der Waals surface area contributed by atoms with Crippen LogP contribution in [-0.2, 0) is 11.4 Å². The molecule has 0 unspecified atom stereocenters. The zero-order valence-electron chi connectivity index (χ0n) is 15.4. The zero-order valence-corrected chi connectivity index (χ0v) is 16.3. The Bertz CT molecular complexity index is 886. The summed E-state index contributed by atoms with van der Waals surface area (Å²) in [5.74, 6) is 2.36. The standard InChI is InChI=1S/C20H21N3O4S/c1-24-15-5-3-14(4-6-15)17-9-16(27-23-17)11-22-20(28)21-10-13-2-7-18-19(8-13)26-12-25-18/h2-8,16H,9-12H2,1H3,(H2,21,22,28)/t16-/m1/s1. The van der Waals surface area contributed by atoms with Gasteiger partial charge in [0.25, 0.3) is 0 Å². The number of rotatable bonds is 6. The molecule has 28 heavy (non-hydrogen) atoms. The molecule has 2 aliphatic heterocycles. The Morgan fingerprint density at radius 1 is 1.14 bits per heavy atom. The summed E-state index contributed by atoms with van der Waals surface area (Å²) < 4.78 is 15.9. The highest BCUT2D eigenvalue weighted by Gasteiger charge is 2.22. The number of methoxy groups -OCH3 is 1. The number of ether oxygens (including phenoxy) is 3. The number of hydrogen-bond acceptors (Lipinski definition) is 6. The molecule has 2 aliphatic rings. The Labute approximate surface area is 168 Å². The van der Waals surface area contributed by atoms with E-state index in [2.05, 4.69) is 15.8 Å². The number of benzene rings is 2. The van der Waals surface area contributed by atoms with Crippen LogP contribution in [0.15, 0.2) is 47.6 Å². The van der Waals surface area contributed by atoms with Crippen LogP contribution in [0.25, 0.3) is 0 Å². The lowest BCUT2D eigenvalue weighted by molar-refractivity contribution is 0.0885. The van der Waals surface area contributed by atoms with Crippen molar-refractivity contribution in [3.63, 3.8) is 0 Å². The Kier molecular flexibility index (Phi) is 5.48. The van der Waals surface area contributed by atoms with Crippen molar-refractivity contribution in [3.8, 4) is 17.2 Å². The number of oxime groups is 1. The van der Waals surface area contributed by atoms with Gasteiger partial charge in [-0.1, -0.05) is 11.2 Å². The Morgan fingerprint density at radius 2 is 1.96 bits per heavy atom. The molecule has 0 bridgehead atoms. The minimum Gasteiger partial charge on any atom is -0.497 e. The van der Waals surface area contributed by atoms with Crippen LogP contribution in [0.1, 0.15) is 17.5 Å². The molecule has 0 fully saturated rings. The first-order valence-corrected chi connectivity index (χ1v) is 9.39. The van der Waals surface area contributed by atoms with E-state index in [-0.39, 0.29) is 12.9 Å². The molecular weight excluding hydrogens is 378 g/mol. The van der Waals surface area contributed by atoms with Crippen molar-refractivity contribution in [2.24, 2.45) is 5.16 Å². The predicted molar refractivity (Wildman–Crippen MR) is 109 cm³/mol. The average Bonchev–Trinajstić information content (AvgIpc) is 3.39. The van der Waals surface area contributed by atoms with E-state index in [1.54, 1.807) is 7.11 Å². The van der Waals surface area contributed by atoms with Gasteiger partial charge >= 0.3 is 0 Å². The van der Waals surface area contributed by atoms with Crippen molar-refractivity contribution in [2.45, 2.75) is 19.1 Å². The van der Waals surface area contributed by atoms with Crippen LogP contribution in [0.3, 0.4) is 0 Å². The SMILES string of the molecule is COc1ccc(C2=NO[C@@H](CNC(=S)NCc3ccc4c(c3)OCO4)C2)cc1. The zero-order chi connectivity index (χ0) is 19.3. The molecule has 0 saturated carbocycles. The van der Waals surface area contributed by atoms with Gasteiger partial charge < -0.3 is 29.7 Å². The molecular formula is C20H21N3O4S. The van der Waals surface area contributed by atoms with Crippen LogP contribution in [0.4, 0.5) is 0 Å². The predicted octanol–water partition coefficient (Wildman–Crippen LogP) is 2.58. The van der Waals surface area contributed by atoms with Crippen molar-refractivity contribution in [3.05, 3.63) is 53.6 Å². The molecule has 0 radical (unpaired) electrons. The van der Waals surface area contributed by atoms with E-state index in [0.29, 0.717) is 18.2 Å². The number of fused-ring (bicyclic) bond motifs is 1. The van der Waals surface area contributed by atoms with E-state index in [1.807, 2.05) is 42.5 Å². The first-order chi connectivity index (χ1) is 13.7. The van der Waals surface area contributed by atoms with Gasteiger partial charge in [-0.3, -0.25) is 0 Å². The van der Waals surface area contributed by atoms with Crippen LogP contribution in [-0.4, -0.2) is 37.4 Å². The summed E-state index contributed by atoms with van der Waals surface area (Å²) in [4.78, 5) is 5.52. The van der Waals surface area contributed by atoms with E-state index < -0.39 is 0 Å². The van der Waals surface area contributed by atoms with Crippen LogP contribution in [0, 0.1) is 0 Å². The summed E-state index contributed by atoms with van der Waals surface area (Å²) in [6.07, 6.45) is 0.673. The van der Waals surface area contributed by atoms with Gasteiger partial charge in [0.1, 0.15) is 11.9 Å². The van der Waals surface area contributed by atoms with Crippen molar-refractivity contribution in [1.82, 2.24) is 10.6 Å². The lowest BCUT2D eigenvalue weighted by atomic mass is 10.0. The minimum atomic E-state index is -0.0533. The average molecular weight is 399 g/mol. The highest BCUT2D eigenvalue weighted by molar-refractivity contribution is 7.80. The third-order valence-corrected chi connectivity index (χ3v) is 4.83. The van der Waals surface area contributed by atoms with Crippen LogP contribution >= 0.6 is 12.2 Å². The third kappa shape index (κ3) is 4.28. The maximum atomic E-state index is 5.52. The Morgan fingerprint density at radius 3 is 2.79 bits per heavy atom. The second kappa shape index (κ2) is 8.35. The van der Waals surface area contributed by atoms with Gasteiger partial charge in [-0.25, -0.2) is 0 Å². The summed E-state index contributed by atoms with van der Waals surface area (Å²) in [6.45, 7) is 1.45. The number of nitrogens with one attached hydrogen (secondary N) is 2. The molecule has 4 rings (SSSR count). The molecule has 2 heterocycles. The summed E-state index contributed by atoms with van der Waals surface area (Å²) in [6, 6.07) is 13.6. The van der Waals surface area contributed by atoms with Gasteiger partial charge in [-0.2, -0.15) is 0 Å². The summed E-state index contributed by atoms with van der Waals surface area (Å²) in [5, 5.41) is 11.1. The van der Waals surface area contributed by atoms with Gasteiger partial charge in [-0.05, 0) is 59.7 Å². The molecule has 0 amide bonds. The summed E-state index contributed by atoms with van der Waals surface area (Å²) in [5.41, 5.74) is 3.02. The fourth-order valence-electron chi connectivity index (χ4n) is 2.99. The monoisotopic (exact) mass is 399 g/mol. The Balaban J connectivity index is 1.20. The molecule has 2 aromatic rings. The Hall–Kier alpha value is -3.00. The van der Waals surface area contributed by atoms with E-state index in [9.17, 15) is 0 Å². The molecule has 2 N–H and O–H groups in total. The van der Waals surface area contributed by atoms with Crippen LogP contribution in [0.5, 0.6) is 17.2 Å². The molecule has 0 aliphatic carbocycles. The molecule has 1 atom stereocenters. The molecule has 8 heteroatoms. The van der Waals surface area contributed by atoms with Crippen LogP contribution < -0.4 is 24.8 Å². The highest BCUT2D eigenvalue weighted by atomic mass is 32.1. The topological polar surface area (TPSA) is 73.3 Å². The number of hydrogen-bond donors (Lipinski definition) is 2. The second-order valence-corrected chi connectivity index (χ2v) is 6.86. The number of nitrogens with zero attached hydrogens (tertiary/aromatic N) is 1. The molecule has 7 nitrogen and oxygen atoms in total. The van der Waals surface area contributed by atoms with Gasteiger partial charge in [-0.15, -0.1) is 0 Å². The first kappa shape index (κ1) is 18.4.